The molecular weight excluding hydrogens is 252 g/mol. The van der Waals surface area contributed by atoms with Gasteiger partial charge in [-0.2, -0.15) is 21.6 Å². The van der Waals surface area contributed by atoms with Crippen molar-refractivity contribution >= 4 is 10.1 Å². The molecule has 0 N–H and O–H groups in total. The summed E-state index contributed by atoms with van der Waals surface area (Å²) in [6.07, 6.45) is 0. The Kier molecular flexibility index (Phi) is 3.13. The van der Waals surface area contributed by atoms with Crippen molar-refractivity contribution in [2.75, 3.05) is 0 Å². The third-order valence-corrected chi connectivity index (χ3v) is 2.59. The number of benzene rings is 1. The molecule has 16 heavy (non-hydrogen) atoms. The fourth-order valence-electron chi connectivity index (χ4n) is 0.879. The molecule has 0 fully saturated rings. The fraction of sp³-hybridized carbons (Fsp3) is 0.250. The predicted molar refractivity (Wildman–Crippen MR) is 46.7 cm³/mol. The van der Waals surface area contributed by atoms with Crippen molar-refractivity contribution in [2.45, 2.75) is 12.4 Å². The Bertz CT molecular complexity index is 472. The molecule has 0 heterocycles. The Balaban J connectivity index is 3.17. The second kappa shape index (κ2) is 3.93. The third-order valence-electron chi connectivity index (χ3n) is 1.64. The minimum atomic E-state index is -5.84. The zero-order valence-electron chi connectivity index (χ0n) is 7.88. The van der Waals surface area contributed by atoms with Crippen molar-refractivity contribution in [3.8, 4) is 5.75 Å². The second-order valence-corrected chi connectivity index (χ2v) is 4.41. The summed E-state index contributed by atoms with van der Waals surface area (Å²) in [5, 5.41) is 0. The molecule has 0 radical (unpaired) electrons. The maximum atomic E-state index is 13.0. The first-order chi connectivity index (χ1) is 7.15. The van der Waals surface area contributed by atoms with Crippen LogP contribution >= 0.6 is 0 Å². The van der Waals surface area contributed by atoms with Crippen LogP contribution in [0, 0.1) is 12.7 Å². The highest BCUT2D eigenvalue weighted by atomic mass is 32.2. The van der Waals surface area contributed by atoms with Crippen LogP contribution in [0.15, 0.2) is 18.2 Å². The van der Waals surface area contributed by atoms with Gasteiger partial charge in [-0.05, 0) is 18.6 Å². The van der Waals surface area contributed by atoms with Crippen molar-refractivity contribution in [1.29, 1.82) is 0 Å². The normalized spacial score (nSPS) is 12.6. The van der Waals surface area contributed by atoms with E-state index in [4.69, 9.17) is 0 Å². The number of aryl methyl sites for hydroxylation is 1. The van der Waals surface area contributed by atoms with Gasteiger partial charge < -0.3 is 4.18 Å². The van der Waals surface area contributed by atoms with E-state index in [0.29, 0.717) is 0 Å². The monoisotopic (exact) mass is 258 g/mol. The predicted octanol–water partition coefficient (Wildman–Crippen LogP) is 2.36. The topological polar surface area (TPSA) is 43.4 Å². The maximum absolute atomic E-state index is 13.0. The molecule has 0 aromatic heterocycles. The summed E-state index contributed by atoms with van der Waals surface area (Å²) in [6.45, 7) is 1.23. The molecule has 3 nitrogen and oxygen atoms in total. The van der Waals surface area contributed by atoms with Crippen LogP contribution in [0.1, 0.15) is 5.56 Å². The molecule has 0 amide bonds. The molecule has 1 aromatic rings. The Morgan fingerprint density at radius 3 is 2.25 bits per heavy atom. The van der Waals surface area contributed by atoms with E-state index in [1.165, 1.54) is 19.1 Å². The number of alkyl halides is 3. The summed E-state index contributed by atoms with van der Waals surface area (Å²) in [5.41, 5.74) is -5.63. The molecule has 0 aliphatic heterocycles. The summed E-state index contributed by atoms with van der Waals surface area (Å²) in [6, 6.07) is 3.25. The van der Waals surface area contributed by atoms with Gasteiger partial charge >= 0.3 is 15.6 Å². The molecule has 0 bridgehead atoms. The Hall–Kier alpha value is -1.31. The molecule has 1 rings (SSSR count). The lowest BCUT2D eigenvalue weighted by Gasteiger charge is -2.11. The highest BCUT2D eigenvalue weighted by Crippen LogP contribution is 2.30. The Morgan fingerprint density at radius 1 is 1.25 bits per heavy atom. The minimum absolute atomic E-state index is 0.0483. The zero-order chi connectivity index (χ0) is 12.6. The first-order valence-corrected chi connectivity index (χ1v) is 5.32. The summed E-state index contributed by atoms with van der Waals surface area (Å²) in [4.78, 5) is 0. The average molecular weight is 258 g/mol. The molecule has 0 spiro atoms. The van der Waals surface area contributed by atoms with Gasteiger partial charge in [-0.3, -0.25) is 0 Å². The molecule has 8 heteroatoms. The Morgan fingerprint density at radius 2 is 1.81 bits per heavy atom. The molecule has 0 aliphatic rings. The molecule has 0 atom stereocenters. The zero-order valence-corrected chi connectivity index (χ0v) is 8.69. The van der Waals surface area contributed by atoms with E-state index in [1.807, 2.05) is 0 Å². The first-order valence-electron chi connectivity index (χ1n) is 3.91. The highest BCUT2D eigenvalue weighted by Gasteiger charge is 2.49. The lowest BCUT2D eigenvalue weighted by molar-refractivity contribution is -0.0501. The van der Waals surface area contributed by atoms with Crippen molar-refractivity contribution in [2.24, 2.45) is 0 Å². The lowest BCUT2D eigenvalue weighted by Crippen LogP contribution is -2.28. The van der Waals surface area contributed by atoms with E-state index >= 15 is 0 Å². The number of halogens is 4. The average Bonchev–Trinajstić information content (AvgIpc) is 2.10. The van der Waals surface area contributed by atoms with Gasteiger partial charge in [-0.25, -0.2) is 4.39 Å². The summed E-state index contributed by atoms with van der Waals surface area (Å²) < 4.78 is 73.8. The summed E-state index contributed by atoms with van der Waals surface area (Å²) in [5.74, 6) is -2.12. The quantitative estimate of drug-likeness (QED) is 0.464. The van der Waals surface area contributed by atoms with Crippen LogP contribution in [0.5, 0.6) is 5.75 Å². The molecule has 0 saturated heterocycles. The standard InChI is InChI=1S/C8H6F4O3S/c1-5-3-2-4-6(9)7(5)15-16(13,14)8(10,11)12/h2-4H,1H3. The number of para-hydroxylation sites is 1. The Labute approximate surface area is 88.8 Å². The smallest absolute Gasteiger partial charge is 0.373 e. The van der Waals surface area contributed by atoms with Gasteiger partial charge in [0.2, 0.25) is 0 Å². The van der Waals surface area contributed by atoms with Crippen LogP contribution in [0.3, 0.4) is 0 Å². The molecule has 90 valence electrons. The molecule has 0 aliphatic carbocycles. The maximum Gasteiger partial charge on any atom is 0.534 e. The van der Waals surface area contributed by atoms with Crippen LogP contribution in [-0.2, 0) is 10.1 Å². The van der Waals surface area contributed by atoms with Gasteiger partial charge in [0.05, 0.1) is 0 Å². The SMILES string of the molecule is Cc1cccc(F)c1OS(=O)(=O)C(F)(F)F. The van der Waals surface area contributed by atoms with E-state index < -0.39 is 27.2 Å². The van der Waals surface area contributed by atoms with Crippen molar-refractivity contribution in [3.63, 3.8) is 0 Å². The van der Waals surface area contributed by atoms with Gasteiger partial charge in [-0.1, -0.05) is 12.1 Å². The van der Waals surface area contributed by atoms with Crippen LogP contribution in [0.2, 0.25) is 0 Å². The number of hydrogen-bond donors (Lipinski definition) is 0. The van der Waals surface area contributed by atoms with Crippen molar-refractivity contribution in [1.82, 2.24) is 0 Å². The van der Waals surface area contributed by atoms with E-state index in [0.717, 1.165) is 6.07 Å². The van der Waals surface area contributed by atoms with Gasteiger partial charge in [0.1, 0.15) is 0 Å². The van der Waals surface area contributed by atoms with E-state index in [2.05, 4.69) is 4.18 Å². The summed E-state index contributed by atoms with van der Waals surface area (Å²) in [7, 11) is -5.84. The minimum Gasteiger partial charge on any atom is -0.373 e. The second-order valence-electron chi connectivity index (χ2n) is 2.87. The molecule has 0 saturated carbocycles. The highest BCUT2D eigenvalue weighted by molar-refractivity contribution is 7.88. The summed E-state index contributed by atoms with van der Waals surface area (Å²) >= 11 is 0. The molecular formula is C8H6F4O3S. The van der Waals surface area contributed by atoms with Crippen LogP contribution in [0.25, 0.3) is 0 Å². The van der Waals surface area contributed by atoms with Crippen molar-refractivity contribution < 1.29 is 30.2 Å². The van der Waals surface area contributed by atoms with Crippen LogP contribution in [-0.4, -0.2) is 13.9 Å². The van der Waals surface area contributed by atoms with E-state index in [9.17, 15) is 26.0 Å². The van der Waals surface area contributed by atoms with Crippen LogP contribution in [0.4, 0.5) is 17.6 Å². The first kappa shape index (κ1) is 12.8. The van der Waals surface area contributed by atoms with Gasteiger partial charge in [0.25, 0.3) is 0 Å². The van der Waals surface area contributed by atoms with E-state index in [-0.39, 0.29) is 5.56 Å². The lowest BCUT2D eigenvalue weighted by atomic mass is 10.2. The molecule has 0 unspecified atom stereocenters. The van der Waals surface area contributed by atoms with Gasteiger partial charge in [-0.15, -0.1) is 0 Å². The largest absolute Gasteiger partial charge is 0.534 e. The van der Waals surface area contributed by atoms with Crippen LogP contribution < -0.4 is 4.18 Å². The van der Waals surface area contributed by atoms with Gasteiger partial charge in [0, 0.05) is 0 Å². The molecule has 1 aromatic carbocycles. The van der Waals surface area contributed by atoms with Crippen molar-refractivity contribution in [3.05, 3.63) is 29.6 Å². The fourth-order valence-corrected chi connectivity index (χ4v) is 1.40. The number of hydrogen-bond acceptors (Lipinski definition) is 3. The number of rotatable bonds is 2. The van der Waals surface area contributed by atoms with Gasteiger partial charge in [0.15, 0.2) is 11.6 Å². The van der Waals surface area contributed by atoms with E-state index in [1.54, 1.807) is 0 Å². The third kappa shape index (κ3) is 2.43.